The average Bonchev–Trinajstić information content (AvgIpc) is 3.63. The molecule has 12 nitrogen and oxygen atoms in total. The number of fused-ring (bicyclic) bond motifs is 2. The summed E-state index contributed by atoms with van der Waals surface area (Å²) in [6, 6.07) is 19.2. The zero-order valence-electron chi connectivity index (χ0n) is 23.4. The van der Waals surface area contributed by atoms with Crippen LogP contribution in [0.15, 0.2) is 60.7 Å². The Kier molecular flexibility index (Phi) is 8.57. The maximum atomic E-state index is 13.1. The number of aliphatic hydroxyl groups excluding tert-OH is 2. The third kappa shape index (κ3) is 5.81. The molecule has 226 valence electrons. The molecular weight excluding hydrogens is 544 g/mol. The number of rotatable bonds is 9. The van der Waals surface area contributed by atoms with Crippen LogP contribution in [0.3, 0.4) is 0 Å². The number of hydrogen-bond donors (Lipinski definition) is 4. The summed E-state index contributed by atoms with van der Waals surface area (Å²) in [7, 11) is 0. The molecule has 4 aliphatic heterocycles. The highest BCUT2D eigenvalue weighted by molar-refractivity contribution is 5.85. The van der Waals surface area contributed by atoms with E-state index in [2.05, 4.69) is 20.4 Å². The molecule has 4 saturated heterocycles. The maximum absolute atomic E-state index is 13.1. The fourth-order valence-corrected chi connectivity index (χ4v) is 6.41. The van der Waals surface area contributed by atoms with E-state index in [-0.39, 0.29) is 25.2 Å². The third-order valence-electron chi connectivity index (χ3n) is 8.55. The number of benzene rings is 2. The van der Waals surface area contributed by atoms with Crippen molar-refractivity contribution in [3.63, 3.8) is 0 Å². The van der Waals surface area contributed by atoms with E-state index in [1.165, 1.54) is 0 Å². The molecule has 0 amide bonds. The highest BCUT2D eigenvalue weighted by Crippen LogP contribution is 2.33. The molecule has 42 heavy (non-hydrogen) atoms. The van der Waals surface area contributed by atoms with Crippen LogP contribution in [0.4, 0.5) is 0 Å². The van der Waals surface area contributed by atoms with Crippen LogP contribution in [0.1, 0.15) is 11.1 Å². The molecule has 4 heterocycles. The van der Waals surface area contributed by atoms with E-state index >= 15 is 0 Å². The summed E-state index contributed by atoms with van der Waals surface area (Å²) < 4.78 is 23.4. The van der Waals surface area contributed by atoms with Crippen molar-refractivity contribution >= 4 is 11.9 Å². The number of nitrogens with one attached hydrogen (secondary N) is 2. The normalized spacial score (nSPS) is 31.1. The fraction of sp³-hybridized carbons (Fsp3) is 0.533. The quantitative estimate of drug-likeness (QED) is 0.275. The van der Waals surface area contributed by atoms with E-state index in [4.69, 9.17) is 18.9 Å². The second-order valence-corrected chi connectivity index (χ2v) is 11.3. The Morgan fingerprint density at radius 1 is 0.762 bits per heavy atom. The van der Waals surface area contributed by atoms with Gasteiger partial charge in [0.05, 0.1) is 38.4 Å². The standard InChI is InChI=1S/C30H38N4O8/c35-25(27(37)41-29-19-31-15-23(29)33(11-13-39-29)17-21-7-3-1-4-8-21)26(36)28(38)42-30-20-32-16-24(30)34(12-14-40-30)18-22-9-5-2-6-10-22/h1-10,23-26,31-32,35-36H,11-20H2/t23-,24-,25?,26?,29+,30+/m1/s1. The van der Waals surface area contributed by atoms with Crippen molar-refractivity contribution in [3.8, 4) is 0 Å². The zero-order valence-corrected chi connectivity index (χ0v) is 23.4. The first-order valence-electron chi connectivity index (χ1n) is 14.5. The first kappa shape index (κ1) is 29.1. The Bertz CT molecular complexity index is 1140. The van der Waals surface area contributed by atoms with Gasteiger partial charge in [-0.25, -0.2) is 9.59 Å². The lowest BCUT2D eigenvalue weighted by Crippen LogP contribution is -2.63. The molecule has 4 aliphatic rings. The number of carbonyl (C=O) groups is 2. The Morgan fingerprint density at radius 3 is 1.57 bits per heavy atom. The minimum atomic E-state index is -2.17. The lowest BCUT2D eigenvalue weighted by Gasteiger charge is -2.45. The summed E-state index contributed by atoms with van der Waals surface area (Å²) in [5.74, 6) is -5.05. The summed E-state index contributed by atoms with van der Waals surface area (Å²) in [5.41, 5.74) is 2.21. The molecule has 6 atom stereocenters. The van der Waals surface area contributed by atoms with E-state index in [1.54, 1.807) is 0 Å². The predicted molar refractivity (Wildman–Crippen MR) is 149 cm³/mol. The van der Waals surface area contributed by atoms with Crippen LogP contribution in [0, 0.1) is 0 Å². The Balaban J connectivity index is 1.09. The van der Waals surface area contributed by atoms with E-state index < -0.39 is 35.7 Å². The smallest absolute Gasteiger partial charge is 0.340 e. The number of carbonyl (C=O) groups excluding carboxylic acids is 2. The molecular formula is C30H38N4O8. The van der Waals surface area contributed by atoms with E-state index in [0.717, 1.165) is 11.1 Å². The molecule has 0 aliphatic carbocycles. The average molecular weight is 583 g/mol. The minimum absolute atomic E-state index is 0.212. The van der Waals surface area contributed by atoms with Crippen molar-refractivity contribution in [1.29, 1.82) is 0 Å². The summed E-state index contributed by atoms with van der Waals surface area (Å²) in [5, 5.41) is 27.9. The van der Waals surface area contributed by atoms with Crippen LogP contribution in [0.2, 0.25) is 0 Å². The van der Waals surface area contributed by atoms with E-state index in [0.29, 0.717) is 52.5 Å². The SMILES string of the molecule is O=C(O[C@@]12CNC[C@H]1N(Cc1ccccc1)CCO2)C(O)C(O)C(=O)O[C@@]12CNC[C@H]1N(Cc1ccccc1)CCO2. The fourth-order valence-electron chi connectivity index (χ4n) is 6.41. The molecule has 2 unspecified atom stereocenters. The van der Waals surface area contributed by atoms with Gasteiger partial charge in [0.1, 0.15) is 0 Å². The van der Waals surface area contributed by atoms with E-state index in [9.17, 15) is 19.8 Å². The van der Waals surface area contributed by atoms with Gasteiger partial charge in [0, 0.05) is 39.3 Å². The van der Waals surface area contributed by atoms with Crippen LogP contribution < -0.4 is 10.6 Å². The molecule has 2 aromatic rings. The van der Waals surface area contributed by atoms with Gasteiger partial charge in [0.2, 0.25) is 11.6 Å². The number of hydrogen-bond acceptors (Lipinski definition) is 12. The molecule has 0 spiro atoms. The van der Waals surface area contributed by atoms with Gasteiger partial charge in [-0.2, -0.15) is 0 Å². The lowest BCUT2D eigenvalue weighted by molar-refractivity contribution is -0.277. The highest BCUT2D eigenvalue weighted by atomic mass is 16.7. The van der Waals surface area contributed by atoms with Crippen LogP contribution in [-0.2, 0) is 41.6 Å². The first-order chi connectivity index (χ1) is 20.4. The van der Waals surface area contributed by atoms with Crippen LogP contribution >= 0.6 is 0 Å². The molecule has 0 bridgehead atoms. The first-order valence-corrected chi connectivity index (χ1v) is 14.5. The van der Waals surface area contributed by atoms with Crippen molar-refractivity contribution in [2.75, 3.05) is 52.5 Å². The summed E-state index contributed by atoms with van der Waals surface area (Å²) in [6.45, 7) is 4.60. The highest BCUT2D eigenvalue weighted by Gasteiger charge is 2.56. The minimum Gasteiger partial charge on any atom is -0.428 e. The second kappa shape index (κ2) is 12.3. The summed E-state index contributed by atoms with van der Waals surface area (Å²) in [6.07, 6.45) is -4.34. The number of ether oxygens (including phenoxy) is 4. The van der Waals surface area contributed by atoms with Gasteiger partial charge in [0.15, 0.2) is 12.2 Å². The number of esters is 2. The molecule has 4 fully saturated rings. The number of aliphatic hydroxyl groups is 2. The number of nitrogens with zero attached hydrogens (tertiary/aromatic N) is 2. The Morgan fingerprint density at radius 2 is 1.17 bits per heavy atom. The van der Waals surface area contributed by atoms with Crippen molar-refractivity contribution in [1.82, 2.24) is 20.4 Å². The van der Waals surface area contributed by atoms with Crippen molar-refractivity contribution in [2.24, 2.45) is 0 Å². The van der Waals surface area contributed by atoms with Gasteiger partial charge < -0.3 is 39.8 Å². The van der Waals surface area contributed by atoms with Gasteiger partial charge in [-0.3, -0.25) is 9.80 Å². The van der Waals surface area contributed by atoms with Gasteiger partial charge in [-0.15, -0.1) is 0 Å². The van der Waals surface area contributed by atoms with Gasteiger partial charge >= 0.3 is 11.9 Å². The van der Waals surface area contributed by atoms with Crippen LogP contribution in [0.25, 0.3) is 0 Å². The molecule has 0 saturated carbocycles. The predicted octanol–water partition coefficient (Wildman–Crippen LogP) is -0.804. The molecule has 0 aromatic heterocycles. The summed E-state index contributed by atoms with van der Waals surface area (Å²) >= 11 is 0. The van der Waals surface area contributed by atoms with Crippen LogP contribution in [0.5, 0.6) is 0 Å². The maximum Gasteiger partial charge on any atom is 0.340 e. The lowest BCUT2D eigenvalue weighted by atomic mass is 10.0. The molecule has 6 rings (SSSR count). The van der Waals surface area contributed by atoms with Gasteiger partial charge in [0.25, 0.3) is 0 Å². The monoisotopic (exact) mass is 582 g/mol. The second-order valence-electron chi connectivity index (χ2n) is 11.3. The molecule has 4 N–H and O–H groups in total. The van der Waals surface area contributed by atoms with Crippen LogP contribution in [-0.4, -0.2) is 120 Å². The Labute approximate surface area is 244 Å². The largest absolute Gasteiger partial charge is 0.428 e. The molecule has 0 radical (unpaired) electrons. The summed E-state index contributed by atoms with van der Waals surface area (Å²) in [4.78, 5) is 30.6. The third-order valence-corrected chi connectivity index (χ3v) is 8.55. The van der Waals surface area contributed by atoms with Crippen molar-refractivity contribution in [2.45, 2.75) is 49.0 Å². The van der Waals surface area contributed by atoms with Gasteiger partial charge in [-0.05, 0) is 11.1 Å². The number of morpholine rings is 2. The molecule has 12 heteroatoms. The van der Waals surface area contributed by atoms with E-state index in [1.807, 2.05) is 60.7 Å². The topological polar surface area (TPSA) is 142 Å². The van der Waals surface area contributed by atoms with Crippen molar-refractivity contribution in [3.05, 3.63) is 71.8 Å². The molecule has 2 aromatic carbocycles. The van der Waals surface area contributed by atoms with Gasteiger partial charge in [-0.1, -0.05) is 60.7 Å². The Hall–Kier alpha value is -2.94. The zero-order chi connectivity index (χ0) is 29.2. The van der Waals surface area contributed by atoms with Crippen molar-refractivity contribution < 1.29 is 38.7 Å².